The molecule has 0 saturated carbocycles. The third kappa shape index (κ3) is 4.23. The van der Waals surface area contributed by atoms with Gasteiger partial charge in [0.25, 0.3) is 0 Å². The zero-order chi connectivity index (χ0) is 13.8. The van der Waals surface area contributed by atoms with Crippen molar-refractivity contribution in [3.8, 4) is 0 Å². The average Bonchev–Trinajstić information content (AvgIpc) is 2.67. The van der Waals surface area contributed by atoms with Crippen molar-refractivity contribution >= 4 is 40.7 Å². The summed E-state index contributed by atoms with van der Waals surface area (Å²) in [5.74, 6) is -0.0911. The lowest BCUT2D eigenvalue weighted by molar-refractivity contribution is -0.136. The molecule has 0 spiro atoms. The van der Waals surface area contributed by atoms with Crippen LogP contribution in [-0.4, -0.2) is 16.1 Å². The first-order chi connectivity index (χ1) is 9.04. The van der Waals surface area contributed by atoms with Crippen molar-refractivity contribution in [3.05, 3.63) is 44.9 Å². The molecule has 0 aliphatic heterocycles. The van der Waals surface area contributed by atoms with Crippen molar-refractivity contribution in [2.45, 2.75) is 24.0 Å². The van der Waals surface area contributed by atoms with Crippen LogP contribution in [0.4, 0.5) is 0 Å². The van der Waals surface area contributed by atoms with Gasteiger partial charge in [0.05, 0.1) is 17.9 Å². The predicted octanol–water partition coefficient (Wildman–Crippen LogP) is 4.02. The molecule has 3 nitrogen and oxygen atoms in total. The van der Waals surface area contributed by atoms with E-state index in [1.54, 1.807) is 11.8 Å². The highest BCUT2D eigenvalue weighted by atomic mass is 35.5. The number of carboxylic acids is 1. The normalized spacial score (nSPS) is 10.6. The second kappa shape index (κ2) is 6.41. The van der Waals surface area contributed by atoms with E-state index in [2.05, 4.69) is 4.98 Å². The molecule has 2 rings (SSSR count). The summed E-state index contributed by atoms with van der Waals surface area (Å²) in [4.78, 5) is 17.0. The van der Waals surface area contributed by atoms with Crippen molar-refractivity contribution in [3.63, 3.8) is 0 Å². The van der Waals surface area contributed by atoms with E-state index in [1.165, 1.54) is 11.3 Å². The average molecular weight is 314 g/mol. The van der Waals surface area contributed by atoms with Crippen LogP contribution in [0.15, 0.2) is 29.2 Å². The van der Waals surface area contributed by atoms with E-state index >= 15 is 0 Å². The number of carboxylic acid groups (broad SMARTS) is 1. The molecule has 0 amide bonds. The van der Waals surface area contributed by atoms with Crippen LogP contribution >= 0.6 is 34.7 Å². The monoisotopic (exact) mass is 313 g/mol. The van der Waals surface area contributed by atoms with Crippen LogP contribution in [0, 0.1) is 6.92 Å². The van der Waals surface area contributed by atoms with E-state index in [0.717, 1.165) is 26.2 Å². The molecule has 0 saturated heterocycles. The molecule has 1 heterocycles. The third-order valence-electron chi connectivity index (χ3n) is 2.41. The number of thioether (sulfide) groups is 1. The predicted molar refractivity (Wildman–Crippen MR) is 79.2 cm³/mol. The molecule has 0 atom stereocenters. The third-order valence-corrected chi connectivity index (χ3v) is 4.99. The molecule has 0 aliphatic carbocycles. The van der Waals surface area contributed by atoms with Crippen LogP contribution in [-0.2, 0) is 17.0 Å². The molecule has 1 aromatic carbocycles. The highest BCUT2D eigenvalue weighted by Gasteiger charge is 2.11. The van der Waals surface area contributed by atoms with Gasteiger partial charge in [-0.1, -0.05) is 17.7 Å². The van der Waals surface area contributed by atoms with E-state index in [-0.39, 0.29) is 6.42 Å². The highest BCUT2D eigenvalue weighted by Crippen LogP contribution is 2.28. The Hall–Kier alpha value is -1.04. The fourth-order valence-corrected chi connectivity index (χ4v) is 3.82. The van der Waals surface area contributed by atoms with Crippen LogP contribution in [0.2, 0.25) is 5.02 Å². The van der Waals surface area contributed by atoms with Crippen LogP contribution < -0.4 is 0 Å². The minimum Gasteiger partial charge on any atom is -0.481 e. The Kier molecular flexibility index (Phi) is 4.85. The summed E-state index contributed by atoms with van der Waals surface area (Å²) in [5.41, 5.74) is 0.814. The largest absolute Gasteiger partial charge is 0.481 e. The lowest BCUT2D eigenvalue weighted by Crippen LogP contribution is -1.99. The number of aliphatic carboxylic acids is 1. The maximum absolute atomic E-state index is 10.7. The zero-order valence-corrected chi connectivity index (χ0v) is 12.6. The molecule has 19 heavy (non-hydrogen) atoms. The first kappa shape index (κ1) is 14.4. The van der Waals surface area contributed by atoms with Gasteiger partial charge in [-0.15, -0.1) is 23.1 Å². The van der Waals surface area contributed by atoms with Gasteiger partial charge in [-0.2, -0.15) is 0 Å². The molecule has 0 radical (unpaired) electrons. The van der Waals surface area contributed by atoms with Crippen molar-refractivity contribution < 1.29 is 9.90 Å². The van der Waals surface area contributed by atoms with E-state index in [1.807, 2.05) is 31.2 Å². The minimum atomic E-state index is -0.819. The molecule has 2 aromatic rings. The molecule has 0 fully saturated rings. The molecule has 1 N–H and O–H groups in total. The smallest absolute Gasteiger partial charge is 0.308 e. The Morgan fingerprint density at radius 2 is 2.32 bits per heavy atom. The Bertz CT molecular complexity index is 598. The maximum atomic E-state index is 10.7. The molecular formula is C13H12ClNO2S2. The Morgan fingerprint density at radius 1 is 1.53 bits per heavy atom. The number of thiazole rings is 1. The van der Waals surface area contributed by atoms with Gasteiger partial charge in [-0.25, -0.2) is 4.98 Å². The summed E-state index contributed by atoms with van der Waals surface area (Å²) in [6, 6.07) is 7.65. The summed E-state index contributed by atoms with van der Waals surface area (Å²) in [6.07, 6.45) is 0.0470. The van der Waals surface area contributed by atoms with Crippen LogP contribution in [0.25, 0.3) is 0 Å². The second-order valence-electron chi connectivity index (χ2n) is 3.93. The number of halogens is 1. The Labute approximate surface area is 124 Å². The molecule has 0 unspecified atom stereocenters. The fourth-order valence-electron chi connectivity index (χ4n) is 1.55. The SMILES string of the molecule is Cc1nc(CSc2cccc(Cl)c2)sc1CC(=O)O. The van der Waals surface area contributed by atoms with Gasteiger partial charge in [-0.05, 0) is 25.1 Å². The van der Waals surface area contributed by atoms with Crippen molar-refractivity contribution in [2.75, 3.05) is 0 Å². The van der Waals surface area contributed by atoms with Gasteiger partial charge >= 0.3 is 5.97 Å². The number of aromatic nitrogens is 1. The summed E-state index contributed by atoms with van der Waals surface area (Å²) in [6.45, 7) is 1.85. The Morgan fingerprint density at radius 3 is 3.00 bits per heavy atom. The van der Waals surface area contributed by atoms with Gasteiger partial charge in [0, 0.05) is 14.8 Å². The molecule has 6 heteroatoms. The van der Waals surface area contributed by atoms with Gasteiger partial charge < -0.3 is 5.11 Å². The number of carbonyl (C=O) groups is 1. The quantitative estimate of drug-likeness (QED) is 0.847. The molecule has 0 aliphatic rings. The van der Waals surface area contributed by atoms with Crippen molar-refractivity contribution in [2.24, 2.45) is 0 Å². The fraction of sp³-hybridized carbons (Fsp3) is 0.231. The van der Waals surface area contributed by atoms with Crippen LogP contribution in [0.5, 0.6) is 0 Å². The summed E-state index contributed by atoms with van der Waals surface area (Å²) < 4.78 is 0. The Balaban J connectivity index is 2.02. The number of nitrogens with zero attached hydrogens (tertiary/aromatic N) is 1. The van der Waals surface area contributed by atoms with Gasteiger partial charge in [-0.3, -0.25) is 4.79 Å². The minimum absolute atomic E-state index is 0.0470. The number of benzene rings is 1. The van der Waals surface area contributed by atoms with E-state index in [4.69, 9.17) is 16.7 Å². The van der Waals surface area contributed by atoms with Crippen LogP contribution in [0.1, 0.15) is 15.6 Å². The standard InChI is InChI=1S/C13H12ClNO2S2/c1-8-11(6-13(16)17)19-12(15-8)7-18-10-4-2-3-9(14)5-10/h2-5H,6-7H2,1H3,(H,16,17). The molecular weight excluding hydrogens is 302 g/mol. The summed E-state index contributed by atoms with van der Waals surface area (Å²) >= 11 is 9.03. The van der Waals surface area contributed by atoms with E-state index < -0.39 is 5.97 Å². The molecule has 0 bridgehead atoms. The molecule has 1 aromatic heterocycles. The lowest BCUT2D eigenvalue weighted by atomic mass is 10.3. The van der Waals surface area contributed by atoms with Crippen LogP contribution in [0.3, 0.4) is 0 Å². The maximum Gasteiger partial charge on any atom is 0.308 e. The zero-order valence-electron chi connectivity index (χ0n) is 10.2. The van der Waals surface area contributed by atoms with Gasteiger partial charge in [0.2, 0.25) is 0 Å². The number of aryl methyl sites for hydroxylation is 1. The van der Waals surface area contributed by atoms with Crippen molar-refractivity contribution in [1.82, 2.24) is 4.98 Å². The highest BCUT2D eigenvalue weighted by molar-refractivity contribution is 7.98. The van der Waals surface area contributed by atoms with E-state index in [0.29, 0.717) is 5.02 Å². The summed E-state index contributed by atoms with van der Waals surface area (Å²) in [7, 11) is 0. The number of hydrogen-bond donors (Lipinski definition) is 1. The first-order valence-corrected chi connectivity index (χ1v) is 7.78. The van der Waals surface area contributed by atoms with Gasteiger partial charge in [0.1, 0.15) is 5.01 Å². The lowest BCUT2D eigenvalue weighted by Gasteiger charge is -1.99. The number of hydrogen-bond acceptors (Lipinski definition) is 4. The number of rotatable bonds is 5. The topological polar surface area (TPSA) is 50.2 Å². The second-order valence-corrected chi connectivity index (χ2v) is 6.59. The first-order valence-electron chi connectivity index (χ1n) is 5.60. The van der Waals surface area contributed by atoms with Gasteiger partial charge in [0.15, 0.2) is 0 Å². The summed E-state index contributed by atoms with van der Waals surface area (Å²) in [5, 5.41) is 10.5. The molecule has 100 valence electrons. The van der Waals surface area contributed by atoms with Crippen molar-refractivity contribution in [1.29, 1.82) is 0 Å². The van der Waals surface area contributed by atoms with E-state index in [9.17, 15) is 4.79 Å².